The maximum absolute atomic E-state index is 10.1. The van der Waals surface area contributed by atoms with Gasteiger partial charge < -0.3 is 0 Å². The second kappa shape index (κ2) is 2.54. The van der Waals surface area contributed by atoms with Crippen molar-refractivity contribution in [2.75, 3.05) is 0 Å². The Balaban J connectivity index is 3.11. The summed E-state index contributed by atoms with van der Waals surface area (Å²) in [5.74, 6) is 0. The zero-order valence-corrected chi connectivity index (χ0v) is 6.63. The molecule has 0 atom stereocenters. The highest BCUT2D eigenvalue weighted by atomic mass is 32.1. The molecule has 0 radical (unpaired) electrons. The summed E-state index contributed by atoms with van der Waals surface area (Å²) in [6, 6.07) is 1.77. The van der Waals surface area contributed by atoms with E-state index in [2.05, 4.69) is 12.6 Å². The van der Waals surface area contributed by atoms with E-state index >= 15 is 0 Å². The van der Waals surface area contributed by atoms with Crippen molar-refractivity contribution in [2.24, 2.45) is 0 Å². The summed E-state index contributed by atoms with van der Waals surface area (Å²) in [6.07, 6.45) is 0.845. The fourth-order valence-electron chi connectivity index (χ4n) is 0.553. The quantitative estimate of drug-likeness (QED) is 0.489. The van der Waals surface area contributed by atoms with Crippen molar-refractivity contribution < 1.29 is 4.79 Å². The number of carbonyl (C=O) groups is 1. The lowest BCUT2D eigenvalue weighted by atomic mass is 10.4. The third-order valence-corrected chi connectivity index (χ3v) is 2.62. The fraction of sp³-hybridized carbons (Fsp3) is 0.167. The molecule has 1 aromatic rings. The van der Waals surface area contributed by atoms with E-state index in [1.165, 1.54) is 11.3 Å². The number of hydrogen-bond donors (Lipinski definition) is 1. The van der Waals surface area contributed by atoms with Crippen LogP contribution in [-0.2, 0) is 0 Å². The van der Waals surface area contributed by atoms with Crippen molar-refractivity contribution in [1.82, 2.24) is 0 Å². The lowest BCUT2D eigenvalue weighted by molar-refractivity contribution is 0.112. The number of carbonyl (C=O) groups excluding carboxylic acids is 1. The molecular formula is C6H6OS2. The van der Waals surface area contributed by atoms with Crippen molar-refractivity contribution >= 4 is 30.3 Å². The highest BCUT2D eigenvalue weighted by molar-refractivity contribution is 7.80. The molecule has 9 heavy (non-hydrogen) atoms. The molecule has 3 heteroatoms. The Morgan fingerprint density at radius 3 is 2.67 bits per heavy atom. The summed E-state index contributed by atoms with van der Waals surface area (Å²) in [5, 5.41) is 0. The summed E-state index contributed by atoms with van der Waals surface area (Å²) in [7, 11) is 0. The zero-order valence-electron chi connectivity index (χ0n) is 4.92. The van der Waals surface area contributed by atoms with Gasteiger partial charge in [0.1, 0.15) is 0 Å². The molecule has 0 bridgehead atoms. The van der Waals surface area contributed by atoms with Crippen LogP contribution >= 0.6 is 24.0 Å². The first kappa shape index (κ1) is 6.83. The van der Waals surface area contributed by atoms with Gasteiger partial charge in [0.2, 0.25) is 0 Å². The summed E-state index contributed by atoms with van der Waals surface area (Å²) >= 11 is 5.59. The molecule has 0 saturated carbocycles. The molecule has 0 amide bonds. The number of aryl methyl sites for hydroxylation is 1. The Morgan fingerprint density at radius 1 is 1.78 bits per heavy atom. The van der Waals surface area contributed by atoms with Crippen LogP contribution in [0, 0.1) is 6.92 Å². The van der Waals surface area contributed by atoms with E-state index in [0.29, 0.717) is 0 Å². The van der Waals surface area contributed by atoms with Crippen LogP contribution in [0.5, 0.6) is 0 Å². The van der Waals surface area contributed by atoms with Gasteiger partial charge in [-0.1, -0.05) is 0 Å². The van der Waals surface area contributed by atoms with Crippen molar-refractivity contribution in [3.05, 3.63) is 15.8 Å². The molecule has 48 valence electrons. The maximum atomic E-state index is 10.1. The molecule has 0 unspecified atom stereocenters. The van der Waals surface area contributed by atoms with E-state index in [1.807, 2.05) is 6.92 Å². The van der Waals surface area contributed by atoms with Crippen LogP contribution in [-0.4, -0.2) is 6.29 Å². The van der Waals surface area contributed by atoms with Gasteiger partial charge in [-0.25, -0.2) is 0 Å². The van der Waals surface area contributed by atoms with Gasteiger partial charge in [-0.15, -0.1) is 24.0 Å². The minimum Gasteiger partial charge on any atom is -0.297 e. The van der Waals surface area contributed by atoms with Crippen molar-refractivity contribution in [1.29, 1.82) is 0 Å². The van der Waals surface area contributed by atoms with E-state index in [9.17, 15) is 4.79 Å². The molecular weight excluding hydrogens is 152 g/mol. The molecule has 1 heterocycles. The SMILES string of the molecule is Cc1sc(C=O)cc1S. The van der Waals surface area contributed by atoms with Crippen molar-refractivity contribution in [3.63, 3.8) is 0 Å². The van der Waals surface area contributed by atoms with Crippen LogP contribution in [0.2, 0.25) is 0 Å². The number of aldehydes is 1. The van der Waals surface area contributed by atoms with Crippen molar-refractivity contribution in [3.8, 4) is 0 Å². The monoisotopic (exact) mass is 158 g/mol. The average molecular weight is 158 g/mol. The Labute approximate surface area is 63.1 Å². The normalized spacial score (nSPS) is 9.56. The largest absolute Gasteiger partial charge is 0.297 e. The topological polar surface area (TPSA) is 17.1 Å². The van der Waals surface area contributed by atoms with E-state index in [-0.39, 0.29) is 0 Å². The van der Waals surface area contributed by atoms with Crippen LogP contribution in [0.15, 0.2) is 11.0 Å². The lowest BCUT2D eigenvalue weighted by Gasteiger charge is -1.78. The predicted octanol–water partition coefficient (Wildman–Crippen LogP) is 2.16. The first-order valence-electron chi connectivity index (χ1n) is 2.48. The van der Waals surface area contributed by atoms with Crippen LogP contribution in [0.4, 0.5) is 0 Å². The van der Waals surface area contributed by atoms with Crippen molar-refractivity contribution in [2.45, 2.75) is 11.8 Å². The Morgan fingerprint density at radius 2 is 2.44 bits per heavy atom. The highest BCUT2D eigenvalue weighted by Crippen LogP contribution is 2.22. The fourth-order valence-corrected chi connectivity index (χ4v) is 1.66. The minimum absolute atomic E-state index is 0.748. The molecule has 0 aromatic carbocycles. The summed E-state index contributed by atoms with van der Waals surface area (Å²) < 4.78 is 0. The molecule has 0 aliphatic rings. The third kappa shape index (κ3) is 1.34. The lowest BCUT2D eigenvalue weighted by Crippen LogP contribution is -1.62. The molecule has 1 rings (SSSR count). The van der Waals surface area contributed by atoms with Gasteiger partial charge in [0.15, 0.2) is 6.29 Å². The van der Waals surface area contributed by atoms with Gasteiger partial charge in [0.25, 0.3) is 0 Å². The molecule has 0 saturated heterocycles. The molecule has 0 spiro atoms. The molecule has 0 aliphatic carbocycles. The number of thiol groups is 1. The Hall–Kier alpha value is -0.280. The van der Waals surface area contributed by atoms with Gasteiger partial charge in [0.05, 0.1) is 4.88 Å². The molecule has 1 nitrogen and oxygen atoms in total. The van der Waals surface area contributed by atoms with Gasteiger partial charge in [0, 0.05) is 9.77 Å². The van der Waals surface area contributed by atoms with E-state index < -0.39 is 0 Å². The Kier molecular flexibility index (Phi) is 1.93. The first-order valence-corrected chi connectivity index (χ1v) is 3.75. The van der Waals surface area contributed by atoms with Gasteiger partial charge >= 0.3 is 0 Å². The smallest absolute Gasteiger partial charge is 0.160 e. The summed E-state index contributed by atoms with van der Waals surface area (Å²) in [4.78, 5) is 12.9. The van der Waals surface area contributed by atoms with Gasteiger partial charge in [-0.2, -0.15) is 0 Å². The third-order valence-electron chi connectivity index (χ3n) is 1.03. The van der Waals surface area contributed by atoms with Crippen LogP contribution in [0.25, 0.3) is 0 Å². The molecule has 0 fully saturated rings. The van der Waals surface area contributed by atoms with E-state index in [0.717, 1.165) is 20.9 Å². The van der Waals surface area contributed by atoms with Gasteiger partial charge in [-0.3, -0.25) is 4.79 Å². The van der Waals surface area contributed by atoms with Gasteiger partial charge in [-0.05, 0) is 13.0 Å². The standard InChI is InChI=1S/C6H6OS2/c1-4-6(8)2-5(3-7)9-4/h2-3,8H,1H3. The molecule has 0 aliphatic heterocycles. The van der Waals surface area contributed by atoms with Crippen LogP contribution < -0.4 is 0 Å². The molecule has 1 aromatic heterocycles. The summed E-state index contributed by atoms with van der Waals surface area (Å²) in [6.45, 7) is 1.94. The average Bonchev–Trinajstić information content (AvgIpc) is 2.13. The number of rotatable bonds is 1. The van der Waals surface area contributed by atoms with E-state index in [4.69, 9.17) is 0 Å². The highest BCUT2D eigenvalue weighted by Gasteiger charge is 1.98. The second-order valence-electron chi connectivity index (χ2n) is 1.71. The van der Waals surface area contributed by atoms with E-state index in [1.54, 1.807) is 6.07 Å². The Bertz CT molecular complexity index is 207. The second-order valence-corrected chi connectivity index (χ2v) is 3.48. The number of hydrogen-bond acceptors (Lipinski definition) is 3. The number of thiophene rings is 1. The maximum Gasteiger partial charge on any atom is 0.160 e. The first-order chi connectivity index (χ1) is 4.24. The summed E-state index contributed by atoms with van der Waals surface area (Å²) in [5.41, 5.74) is 0. The minimum atomic E-state index is 0.748. The molecule has 0 N–H and O–H groups in total. The zero-order chi connectivity index (χ0) is 6.85. The van der Waals surface area contributed by atoms with Crippen LogP contribution in [0.1, 0.15) is 14.5 Å². The van der Waals surface area contributed by atoms with Crippen LogP contribution in [0.3, 0.4) is 0 Å². The predicted molar refractivity (Wildman–Crippen MR) is 41.7 cm³/mol.